The minimum absolute atomic E-state index is 0.303. The molecule has 1 aromatic rings. The van der Waals surface area contributed by atoms with Crippen LogP contribution in [0.5, 0.6) is 0 Å². The van der Waals surface area contributed by atoms with Gasteiger partial charge in [-0.1, -0.05) is 24.3 Å². The molecule has 76 valence electrons. The summed E-state index contributed by atoms with van der Waals surface area (Å²) in [5.74, 6) is 0. The van der Waals surface area contributed by atoms with Crippen molar-refractivity contribution in [2.75, 3.05) is 11.9 Å². The Morgan fingerprint density at radius 2 is 1.93 bits per heavy atom. The Kier molecular flexibility index (Phi) is 4.16. The first-order chi connectivity index (χ1) is 6.74. The van der Waals surface area contributed by atoms with Crippen LogP contribution in [-0.2, 0) is 0 Å². The molecule has 0 amide bonds. The molecule has 0 fully saturated rings. The van der Waals surface area contributed by atoms with Crippen molar-refractivity contribution >= 4 is 5.69 Å². The van der Waals surface area contributed by atoms with Gasteiger partial charge in [0.25, 0.3) is 0 Å². The molecule has 0 saturated heterocycles. The van der Waals surface area contributed by atoms with E-state index in [1.807, 2.05) is 30.3 Å². The predicted molar refractivity (Wildman–Crippen MR) is 57.1 cm³/mol. The van der Waals surface area contributed by atoms with E-state index in [2.05, 4.69) is 11.9 Å². The maximum atomic E-state index is 9.40. The fourth-order valence-electron chi connectivity index (χ4n) is 1.06. The van der Waals surface area contributed by atoms with Gasteiger partial charge in [0.2, 0.25) is 0 Å². The van der Waals surface area contributed by atoms with Gasteiger partial charge in [-0.15, -0.1) is 6.58 Å². The summed E-state index contributed by atoms with van der Waals surface area (Å²) in [6, 6.07) is 9.51. The van der Waals surface area contributed by atoms with Crippen molar-refractivity contribution in [3.05, 3.63) is 43.0 Å². The third-order valence-corrected chi connectivity index (χ3v) is 1.92. The molecule has 3 N–H and O–H groups in total. The average molecular weight is 193 g/mol. The Balaban J connectivity index is 2.37. The first-order valence-electron chi connectivity index (χ1n) is 4.51. The second kappa shape index (κ2) is 5.42. The third kappa shape index (κ3) is 3.20. The average Bonchev–Trinajstić information content (AvgIpc) is 2.26. The van der Waals surface area contributed by atoms with Gasteiger partial charge in [-0.25, -0.2) is 0 Å². The molecular weight excluding hydrogens is 178 g/mol. The van der Waals surface area contributed by atoms with Crippen molar-refractivity contribution in [2.45, 2.75) is 12.2 Å². The molecule has 0 saturated carbocycles. The van der Waals surface area contributed by atoms with Crippen molar-refractivity contribution in [2.24, 2.45) is 0 Å². The molecular formula is C11H15NO2. The Morgan fingerprint density at radius 3 is 2.50 bits per heavy atom. The Bertz CT molecular complexity index is 274. The van der Waals surface area contributed by atoms with Gasteiger partial charge in [0, 0.05) is 12.2 Å². The normalized spacial score (nSPS) is 14.4. The summed E-state index contributed by atoms with van der Waals surface area (Å²) in [5, 5.41) is 21.6. The molecule has 0 bridgehead atoms. The van der Waals surface area contributed by atoms with Crippen LogP contribution in [-0.4, -0.2) is 29.0 Å². The lowest BCUT2D eigenvalue weighted by Crippen LogP contribution is -2.30. The molecule has 3 heteroatoms. The molecule has 2 atom stereocenters. The number of aliphatic hydroxyl groups excluding tert-OH is 2. The molecule has 0 unspecified atom stereocenters. The highest BCUT2D eigenvalue weighted by atomic mass is 16.3. The highest BCUT2D eigenvalue weighted by Crippen LogP contribution is 2.05. The van der Waals surface area contributed by atoms with Crippen molar-refractivity contribution in [3.8, 4) is 0 Å². The van der Waals surface area contributed by atoms with Crippen molar-refractivity contribution in [3.63, 3.8) is 0 Å². The standard InChI is InChI=1S/C11H15NO2/c1-2-10(13)11(14)8-12-9-6-4-3-5-7-9/h2-7,10-14H,1,8H2/t10-,11+/m0/s1. The summed E-state index contributed by atoms with van der Waals surface area (Å²) in [5.41, 5.74) is 0.919. The maximum Gasteiger partial charge on any atom is 0.101 e. The highest BCUT2D eigenvalue weighted by molar-refractivity contribution is 5.42. The molecule has 0 aliphatic rings. The monoisotopic (exact) mass is 193 g/mol. The Hall–Kier alpha value is -1.32. The fraction of sp³-hybridized carbons (Fsp3) is 0.273. The van der Waals surface area contributed by atoms with Crippen LogP contribution in [0.4, 0.5) is 5.69 Å². The summed E-state index contributed by atoms with van der Waals surface area (Å²) in [4.78, 5) is 0. The van der Waals surface area contributed by atoms with E-state index in [4.69, 9.17) is 0 Å². The van der Waals surface area contributed by atoms with Crippen LogP contribution < -0.4 is 5.32 Å². The lowest BCUT2D eigenvalue weighted by molar-refractivity contribution is 0.0580. The number of aliphatic hydroxyl groups is 2. The third-order valence-electron chi connectivity index (χ3n) is 1.92. The molecule has 0 heterocycles. The quantitative estimate of drug-likeness (QED) is 0.612. The number of rotatable bonds is 5. The second-order valence-electron chi connectivity index (χ2n) is 3.04. The molecule has 0 aliphatic carbocycles. The number of para-hydroxylation sites is 1. The summed E-state index contributed by atoms with van der Waals surface area (Å²) in [6.45, 7) is 3.70. The first-order valence-corrected chi connectivity index (χ1v) is 4.51. The summed E-state index contributed by atoms with van der Waals surface area (Å²) in [7, 11) is 0. The van der Waals surface area contributed by atoms with Crippen LogP contribution in [0.3, 0.4) is 0 Å². The van der Waals surface area contributed by atoms with E-state index in [1.165, 1.54) is 6.08 Å². The van der Waals surface area contributed by atoms with E-state index < -0.39 is 12.2 Å². The van der Waals surface area contributed by atoms with E-state index in [-0.39, 0.29) is 0 Å². The fourth-order valence-corrected chi connectivity index (χ4v) is 1.06. The predicted octanol–water partition coefficient (Wildman–Crippen LogP) is 1.01. The van der Waals surface area contributed by atoms with Crippen LogP contribution in [0, 0.1) is 0 Å². The lowest BCUT2D eigenvalue weighted by atomic mass is 10.2. The summed E-state index contributed by atoms with van der Waals surface area (Å²) < 4.78 is 0. The molecule has 1 rings (SSSR count). The lowest BCUT2D eigenvalue weighted by Gasteiger charge is -2.15. The van der Waals surface area contributed by atoms with Crippen molar-refractivity contribution in [1.82, 2.24) is 0 Å². The van der Waals surface area contributed by atoms with Gasteiger partial charge in [-0.3, -0.25) is 0 Å². The topological polar surface area (TPSA) is 52.5 Å². The van der Waals surface area contributed by atoms with E-state index in [1.54, 1.807) is 0 Å². The zero-order valence-corrected chi connectivity index (χ0v) is 7.93. The van der Waals surface area contributed by atoms with Gasteiger partial charge in [0.05, 0.1) is 6.10 Å². The van der Waals surface area contributed by atoms with Gasteiger partial charge in [-0.05, 0) is 12.1 Å². The summed E-state index contributed by atoms with van der Waals surface area (Å²) in [6.07, 6.45) is -0.393. The van der Waals surface area contributed by atoms with E-state index in [0.717, 1.165) is 5.69 Å². The minimum Gasteiger partial charge on any atom is -0.388 e. The highest BCUT2D eigenvalue weighted by Gasteiger charge is 2.11. The van der Waals surface area contributed by atoms with Gasteiger partial charge in [0.15, 0.2) is 0 Å². The Morgan fingerprint density at radius 1 is 1.29 bits per heavy atom. The van der Waals surface area contributed by atoms with Crippen LogP contribution in [0.15, 0.2) is 43.0 Å². The maximum absolute atomic E-state index is 9.40. The molecule has 0 radical (unpaired) electrons. The van der Waals surface area contributed by atoms with Gasteiger partial charge < -0.3 is 15.5 Å². The Labute approximate surface area is 83.7 Å². The molecule has 1 aromatic carbocycles. The van der Waals surface area contributed by atoms with Crippen LogP contribution in [0.2, 0.25) is 0 Å². The van der Waals surface area contributed by atoms with Crippen molar-refractivity contribution < 1.29 is 10.2 Å². The molecule has 14 heavy (non-hydrogen) atoms. The number of anilines is 1. The summed E-state index contributed by atoms with van der Waals surface area (Å²) >= 11 is 0. The molecule has 0 aliphatic heterocycles. The van der Waals surface area contributed by atoms with E-state index in [9.17, 15) is 10.2 Å². The molecule has 0 spiro atoms. The zero-order chi connectivity index (χ0) is 10.4. The van der Waals surface area contributed by atoms with Crippen LogP contribution in [0.25, 0.3) is 0 Å². The van der Waals surface area contributed by atoms with Gasteiger partial charge in [-0.2, -0.15) is 0 Å². The SMILES string of the molecule is C=C[C@H](O)[C@H](O)CNc1ccccc1. The largest absolute Gasteiger partial charge is 0.388 e. The van der Waals surface area contributed by atoms with Crippen LogP contribution in [0.1, 0.15) is 0 Å². The molecule has 3 nitrogen and oxygen atoms in total. The first kappa shape index (κ1) is 10.8. The van der Waals surface area contributed by atoms with Crippen molar-refractivity contribution in [1.29, 1.82) is 0 Å². The van der Waals surface area contributed by atoms with E-state index in [0.29, 0.717) is 6.54 Å². The zero-order valence-electron chi connectivity index (χ0n) is 7.93. The number of nitrogens with one attached hydrogen (secondary N) is 1. The number of hydrogen-bond donors (Lipinski definition) is 3. The second-order valence-corrected chi connectivity index (χ2v) is 3.04. The smallest absolute Gasteiger partial charge is 0.101 e. The van der Waals surface area contributed by atoms with Gasteiger partial charge >= 0.3 is 0 Å². The van der Waals surface area contributed by atoms with Crippen LogP contribution >= 0.6 is 0 Å². The van der Waals surface area contributed by atoms with E-state index >= 15 is 0 Å². The van der Waals surface area contributed by atoms with Gasteiger partial charge in [0.1, 0.15) is 6.10 Å². The number of benzene rings is 1. The minimum atomic E-state index is -0.883. The molecule has 0 aromatic heterocycles. The number of hydrogen-bond acceptors (Lipinski definition) is 3.